The van der Waals surface area contributed by atoms with Crippen LogP contribution in [0.2, 0.25) is 0 Å². The van der Waals surface area contributed by atoms with Gasteiger partial charge in [0, 0.05) is 5.56 Å². The number of aliphatic imine (C=N–C) groups is 1. The molecule has 0 bridgehead atoms. The zero-order valence-corrected chi connectivity index (χ0v) is 17.7. The maximum Gasteiger partial charge on any atom is 0.286 e. The predicted molar refractivity (Wildman–Crippen MR) is 123 cm³/mol. The van der Waals surface area contributed by atoms with Gasteiger partial charge in [-0.3, -0.25) is 4.79 Å². The van der Waals surface area contributed by atoms with E-state index < -0.39 is 0 Å². The van der Waals surface area contributed by atoms with Gasteiger partial charge in [-0.25, -0.2) is 0 Å². The van der Waals surface area contributed by atoms with Gasteiger partial charge in [-0.1, -0.05) is 55.1 Å². The highest BCUT2D eigenvalue weighted by atomic mass is 32.2. The molecule has 2 aliphatic heterocycles. The van der Waals surface area contributed by atoms with Crippen LogP contribution >= 0.6 is 11.8 Å². The SMILES string of the molecule is C=CCOc1ccc(/C=C2/SC(N3CC[NH+](Cc4ccccc4)CC3)=NC2=O)cc1. The molecule has 1 saturated heterocycles. The van der Waals surface area contributed by atoms with E-state index in [0.717, 1.165) is 49.2 Å². The highest BCUT2D eigenvalue weighted by molar-refractivity contribution is 8.18. The van der Waals surface area contributed by atoms with Crippen molar-refractivity contribution in [3.8, 4) is 5.75 Å². The molecule has 0 aliphatic carbocycles. The number of amides is 1. The van der Waals surface area contributed by atoms with E-state index in [1.54, 1.807) is 11.0 Å². The fraction of sp³-hybridized carbons (Fsp3) is 0.250. The molecule has 1 fully saturated rings. The van der Waals surface area contributed by atoms with Crippen LogP contribution in [0.15, 0.2) is 77.1 Å². The first-order chi connectivity index (χ1) is 14.7. The molecule has 0 saturated carbocycles. The molecule has 0 unspecified atom stereocenters. The lowest BCUT2D eigenvalue weighted by Crippen LogP contribution is -3.13. The number of rotatable bonds is 6. The first kappa shape index (κ1) is 20.4. The molecule has 2 aromatic carbocycles. The van der Waals surface area contributed by atoms with Gasteiger partial charge in [-0.2, -0.15) is 4.99 Å². The number of carbonyl (C=O) groups excluding carboxylic acids is 1. The molecule has 2 aromatic rings. The summed E-state index contributed by atoms with van der Waals surface area (Å²) in [6.45, 7) is 9.11. The highest BCUT2D eigenvalue weighted by Gasteiger charge is 2.29. The Hall–Kier alpha value is -2.83. The van der Waals surface area contributed by atoms with Crippen LogP contribution in [-0.2, 0) is 11.3 Å². The summed E-state index contributed by atoms with van der Waals surface area (Å²) in [5, 5.41) is 0.830. The minimum absolute atomic E-state index is 0.152. The minimum atomic E-state index is -0.152. The van der Waals surface area contributed by atoms with Crippen molar-refractivity contribution in [2.45, 2.75) is 6.54 Å². The van der Waals surface area contributed by atoms with Crippen LogP contribution in [-0.4, -0.2) is 48.8 Å². The summed E-state index contributed by atoms with van der Waals surface area (Å²) in [6.07, 6.45) is 3.61. The summed E-state index contributed by atoms with van der Waals surface area (Å²) in [6, 6.07) is 18.3. The van der Waals surface area contributed by atoms with Crippen LogP contribution in [0.4, 0.5) is 0 Å². The van der Waals surface area contributed by atoms with E-state index in [1.807, 2.05) is 30.3 Å². The smallest absolute Gasteiger partial charge is 0.286 e. The van der Waals surface area contributed by atoms with E-state index in [4.69, 9.17) is 4.74 Å². The molecule has 30 heavy (non-hydrogen) atoms. The summed E-state index contributed by atoms with van der Waals surface area (Å²) < 4.78 is 5.50. The molecular weight excluding hydrogens is 394 g/mol. The largest absolute Gasteiger partial charge is 0.490 e. The zero-order valence-electron chi connectivity index (χ0n) is 16.9. The third-order valence-corrected chi connectivity index (χ3v) is 6.24. The average molecular weight is 421 g/mol. The number of ether oxygens (including phenoxy) is 1. The minimum Gasteiger partial charge on any atom is -0.490 e. The second kappa shape index (κ2) is 9.78. The lowest BCUT2D eigenvalue weighted by Gasteiger charge is -2.32. The summed E-state index contributed by atoms with van der Waals surface area (Å²) in [4.78, 5) is 21.2. The Kier molecular flexibility index (Phi) is 6.67. The van der Waals surface area contributed by atoms with Crippen molar-refractivity contribution in [2.75, 3.05) is 32.8 Å². The van der Waals surface area contributed by atoms with Gasteiger partial charge in [-0.15, -0.1) is 0 Å². The molecule has 0 radical (unpaired) electrons. The van der Waals surface area contributed by atoms with E-state index in [1.165, 1.54) is 17.3 Å². The number of hydrogen-bond acceptors (Lipinski definition) is 4. The second-order valence-electron chi connectivity index (χ2n) is 7.38. The Labute approximate surface area is 181 Å². The van der Waals surface area contributed by atoms with Crippen molar-refractivity contribution < 1.29 is 14.4 Å². The summed E-state index contributed by atoms with van der Waals surface area (Å²) in [7, 11) is 0. The Bertz CT molecular complexity index is 946. The maximum absolute atomic E-state index is 12.4. The van der Waals surface area contributed by atoms with Gasteiger partial charge in [-0.05, 0) is 35.5 Å². The zero-order chi connectivity index (χ0) is 20.8. The molecule has 0 atom stereocenters. The first-order valence-electron chi connectivity index (χ1n) is 10.2. The van der Waals surface area contributed by atoms with E-state index in [9.17, 15) is 4.79 Å². The topological polar surface area (TPSA) is 46.3 Å². The number of piperazine rings is 1. The molecule has 6 heteroatoms. The second-order valence-corrected chi connectivity index (χ2v) is 8.39. The Balaban J connectivity index is 1.32. The monoisotopic (exact) mass is 420 g/mol. The molecule has 4 rings (SSSR count). The fourth-order valence-corrected chi connectivity index (χ4v) is 4.54. The number of nitrogens with one attached hydrogen (secondary N) is 1. The maximum atomic E-state index is 12.4. The van der Waals surface area contributed by atoms with Gasteiger partial charge in [0.25, 0.3) is 5.91 Å². The van der Waals surface area contributed by atoms with Crippen LogP contribution in [0.5, 0.6) is 5.75 Å². The van der Waals surface area contributed by atoms with E-state index in [0.29, 0.717) is 11.5 Å². The van der Waals surface area contributed by atoms with Gasteiger partial charge < -0.3 is 14.5 Å². The average Bonchev–Trinajstić information content (AvgIpc) is 3.14. The van der Waals surface area contributed by atoms with Crippen molar-refractivity contribution in [3.63, 3.8) is 0 Å². The van der Waals surface area contributed by atoms with E-state index >= 15 is 0 Å². The molecule has 0 spiro atoms. The van der Waals surface area contributed by atoms with Crippen LogP contribution in [0.25, 0.3) is 6.08 Å². The predicted octanol–water partition coefficient (Wildman–Crippen LogP) is 2.62. The normalized spacial score (nSPS) is 18.5. The molecule has 2 heterocycles. The molecule has 1 amide bonds. The van der Waals surface area contributed by atoms with Gasteiger partial charge in [0.2, 0.25) is 0 Å². The number of benzene rings is 2. The number of quaternary nitrogens is 1. The Morgan fingerprint density at radius 3 is 2.53 bits per heavy atom. The first-order valence-corrected chi connectivity index (χ1v) is 11.0. The number of amidine groups is 1. The molecule has 0 aromatic heterocycles. The molecule has 5 nitrogen and oxygen atoms in total. The summed E-state index contributed by atoms with van der Waals surface area (Å²) >= 11 is 1.48. The van der Waals surface area contributed by atoms with Crippen LogP contribution in [0, 0.1) is 0 Å². The van der Waals surface area contributed by atoms with Crippen LogP contribution in [0.3, 0.4) is 0 Å². The van der Waals surface area contributed by atoms with Crippen molar-refractivity contribution in [1.82, 2.24) is 4.90 Å². The quantitative estimate of drug-likeness (QED) is 0.577. The third-order valence-electron chi connectivity index (χ3n) is 5.19. The lowest BCUT2D eigenvalue weighted by atomic mass is 10.2. The summed E-state index contributed by atoms with van der Waals surface area (Å²) in [5.74, 6) is 0.635. The van der Waals surface area contributed by atoms with Crippen molar-refractivity contribution in [3.05, 3.63) is 83.3 Å². The summed E-state index contributed by atoms with van der Waals surface area (Å²) in [5.41, 5.74) is 2.33. The van der Waals surface area contributed by atoms with E-state index in [-0.39, 0.29) is 5.91 Å². The molecular formula is C24H26N3O2S+. The Morgan fingerprint density at radius 1 is 1.10 bits per heavy atom. The van der Waals surface area contributed by atoms with Gasteiger partial charge >= 0.3 is 0 Å². The fourth-order valence-electron chi connectivity index (χ4n) is 3.58. The van der Waals surface area contributed by atoms with Crippen LogP contribution < -0.4 is 9.64 Å². The highest BCUT2D eigenvalue weighted by Crippen LogP contribution is 2.30. The number of hydrogen-bond donors (Lipinski definition) is 1. The van der Waals surface area contributed by atoms with Crippen molar-refractivity contribution >= 4 is 28.9 Å². The van der Waals surface area contributed by atoms with Gasteiger partial charge in [0.1, 0.15) is 18.9 Å². The lowest BCUT2D eigenvalue weighted by molar-refractivity contribution is -0.917. The number of nitrogens with zero attached hydrogens (tertiary/aromatic N) is 2. The molecule has 154 valence electrons. The third kappa shape index (κ3) is 5.20. The van der Waals surface area contributed by atoms with Crippen molar-refractivity contribution in [2.24, 2.45) is 4.99 Å². The van der Waals surface area contributed by atoms with Gasteiger partial charge in [0.05, 0.1) is 31.1 Å². The van der Waals surface area contributed by atoms with Gasteiger partial charge in [0.15, 0.2) is 5.17 Å². The van der Waals surface area contributed by atoms with Crippen molar-refractivity contribution in [1.29, 1.82) is 0 Å². The van der Waals surface area contributed by atoms with E-state index in [2.05, 4.69) is 46.8 Å². The molecule has 1 N–H and O–H groups in total. The molecule has 2 aliphatic rings. The number of carbonyl (C=O) groups is 1. The Morgan fingerprint density at radius 2 is 1.83 bits per heavy atom. The standard InChI is InChI=1S/C24H25N3O2S/c1-2-16-29-21-10-8-19(9-11-21)17-22-23(28)25-24(30-22)27-14-12-26(13-15-27)18-20-6-4-3-5-7-20/h2-11,17H,1,12-16,18H2/p+1/b22-17+. The van der Waals surface area contributed by atoms with Crippen LogP contribution in [0.1, 0.15) is 11.1 Å². The number of thioether (sulfide) groups is 1.